The van der Waals surface area contributed by atoms with Crippen LogP contribution in [0.1, 0.15) is 18.5 Å². The number of aromatic nitrogens is 1. The Kier molecular flexibility index (Phi) is 4.11. The molecule has 0 aliphatic carbocycles. The van der Waals surface area contributed by atoms with Crippen molar-refractivity contribution in [3.63, 3.8) is 0 Å². The number of fused-ring (bicyclic) bond motifs is 1. The van der Waals surface area contributed by atoms with Crippen molar-refractivity contribution >= 4 is 20.7 Å². The van der Waals surface area contributed by atoms with Crippen molar-refractivity contribution < 1.29 is 12.8 Å². The highest BCUT2D eigenvalue weighted by Crippen LogP contribution is 2.33. The number of halogens is 1. The van der Waals surface area contributed by atoms with Crippen LogP contribution in [0.4, 0.5) is 4.39 Å². The molecule has 124 valence electrons. The lowest BCUT2D eigenvalue weighted by Crippen LogP contribution is -2.10. The minimum Gasteiger partial charge on any atom is -0.324 e. The molecule has 0 radical (unpaired) electrons. The van der Waals surface area contributed by atoms with Crippen LogP contribution in [-0.4, -0.2) is 19.7 Å². The van der Waals surface area contributed by atoms with E-state index in [2.05, 4.69) is 4.98 Å². The third-order valence-corrected chi connectivity index (χ3v) is 5.01. The van der Waals surface area contributed by atoms with Crippen LogP contribution in [-0.2, 0) is 9.84 Å². The predicted octanol–water partition coefficient (Wildman–Crippen LogP) is 3.46. The third kappa shape index (κ3) is 2.90. The normalized spacial score (nSPS) is 13.2. The van der Waals surface area contributed by atoms with E-state index in [1.165, 1.54) is 12.1 Å². The van der Waals surface area contributed by atoms with E-state index in [0.717, 1.165) is 6.26 Å². The summed E-state index contributed by atoms with van der Waals surface area (Å²) in [5.74, 6) is -0.457. The lowest BCUT2D eigenvalue weighted by molar-refractivity contribution is 0.602. The molecule has 0 aliphatic heterocycles. The molecule has 6 heteroatoms. The fourth-order valence-corrected chi connectivity index (χ4v) is 3.62. The summed E-state index contributed by atoms with van der Waals surface area (Å²) in [5, 5.41) is 0.628. The number of sulfone groups is 1. The van der Waals surface area contributed by atoms with Gasteiger partial charge in [0, 0.05) is 23.2 Å². The van der Waals surface area contributed by atoms with Crippen LogP contribution in [0.3, 0.4) is 0 Å². The Morgan fingerprint density at radius 2 is 1.83 bits per heavy atom. The van der Waals surface area contributed by atoms with Crippen molar-refractivity contribution in [1.82, 2.24) is 4.98 Å². The second-order valence-corrected chi connectivity index (χ2v) is 7.78. The van der Waals surface area contributed by atoms with Crippen molar-refractivity contribution in [3.05, 3.63) is 59.9 Å². The molecule has 1 heterocycles. The summed E-state index contributed by atoms with van der Waals surface area (Å²) in [5.41, 5.74) is 7.74. The van der Waals surface area contributed by atoms with Crippen LogP contribution in [0.2, 0.25) is 0 Å². The Hall–Kier alpha value is -2.31. The van der Waals surface area contributed by atoms with Gasteiger partial charge in [0.25, 0.3) is 0 Å². The van der Waals surface area contributed by atoms with Crippen LogP contribution < -0.4 is 5.73 Å². The van der Waals surface area contributed by atoms with E-state index in [-0.39, 0.29) is 16.5 Å². The minimum atomic E-state index is -3.46. The zero-order valence-electron chi connectivity index (χ0n) is 13.3. The molecule has 0 saturated carbocycles. The molecule has 1 atom stereocenters. The first-order chi connectivity index (χ1) is 11.3. The predicted molar refractivity (Wildman–Crippen MR) is 92.8 cm³/mol. The first kappa shape index (κ1) is 16.5. The molecule has 0 aliphatic rings. The van der Waals surface area contributed by atoms with Crippen molar-refractivity contribution in [1.29, 1.82) is 0 Å². The number of nitrogens with two attached hydrogens (primary N) is 1. The van der Waals surface area contributed by atoms with Crippen molar-refractivity contribution in [2.24, 2.45) is 5.73 Å². The van der Waals surface area contributed by atoms with Crippen LogP contribution in [0.5, 0.6) is 0 Å². The highest BCUT2D eigenvalue weighted by molar-refractivity contribution is 7.90. The zero-order valence-corrected chi connectivity index (χ0v) is 14.1. The standard InChI is InChI=1S/C18H17FN2O2S/c1-11(20)14-10-12-6-5-8-15(19)17(12)21-18(14)13-7-3-4-9-16(13)24(2,22)23/h3-11H,20H2,1-2H3. The van der Waals surface area contributed by atoms with Gasteiger partial charge in [0.2, 0.25) is 0 Å². The average Bonchev–Trinajstić information content (AvgIpc) is 2.53. The van der Waals surface area contributed by atoms with Gasteiger partial charge in [-0.2, -0.15) is 0 Å². The van der Waals surface area contributed by atoms with Crippen LogP contribution in [0, 0.1) is 5.82 Å². The molecule has 0 spiro atoms. The summed E-state index contributed by atoms with van der Waals surface area (Å²) in [4.78, 5) is 4.57. The second kappa shape index (κ2) is 5.96. The van der Waals surface area contributed by atoms with Gasteiger partial charge in [-0.25, -0.2) is 17.8 Å². The number of rotatable bonds is 3. The number of pyridine rings is 1. The molecule has 1 aromatic heterocycles. The van der Waals surface area contributed by atoms with Crippen LogP contribution in [0.25, 0.3) is 22.2 Å². The van der Waals surface area contributed by atoms with E-state index in [0.29, 0.717) is 22.2 Å². The van der Waals surface area contributed by atoms with Crippen molar-refractivity contribution in [2.75, 3.05) is 6.26 Å². The van der Waals surface area contributed by atoms with Gasteiger partial charge >= 0.3 is 0 Å². The monoisotopic (exact) mass is 344 g/mol. The van der Waals surface area contributed by atoms with Gasteiger partial charge in [0.1, 0.15) is 11.3 Å². The quantitative estimate of drug-likeness (QED) is 0.790. The molecule has 2 N–H and O–H groups in total. The van der Waals surface area contributed by atoms with Gasteiger partial charge in [-0.15, -0.1) is 0 Å². The Labute approximate surface area is 140 Å². The topological polar surface area (TPSA) is 73.0 Å². The van der Waals surface area contributed by atoms with Gasteiger partial charge < -0.3 is 5.73 Å². The first-order valence-electron chi connectivity index (χ1n) is 7.43. The summed E-state index contributed by atoms with van der Waals surface area (Å²) in [6.45, 7) is 1.79. The maximum Gasteiger partial charge on any atom is 0.176 e. The summed E-state index contributed by atoms with van der Waals surface area (Å²) in [7, 11) is -3.46. The highest BCUT2D eigenvalue weighted by Gasteiger charge is 2.20. The highest BCUT2D eigenvalue weighted by atomic mass is 32.2. The maximum absolute atomic E-state index is 14.1. The molecule has 3 aromatic rings. The Morgan fingerprint density at radius 1 is 1.12 bits per heavy atom. The molecular formula is C18H17FN2O2S. The van der Waals surface area contributed by atoms with Gasteiger partial charge in [-0.05, 0) is 30.7 Å². The number of para-hydroxylation sites is 1. The molecule has 1 unspecified atom stereocenters. The summed E-state index contributed by atoms with van der Waals surface area (Å²) < 4.78 is 38.3. The largest absolute Gasteiger partial charge is 0.324 e. The van der Waals surface area contributed by atoms with Crippen molar-refractivity contribution in [3.8, 4) is 11.3 Å². The average molecular weight is 344 g/mol. The molecular weight excluding hydrogens is 327 g/mol. The number of nitrogens with zero attached hydrogens (tertiary/aromatic N) is 1. The molecule has 4 nitrogen and oxygen atoms in total. The fraction of sp³-hybridized carbons (Fsp3) is 0.167. The minimum absolute atomic E-state index is 0.148. The van der Waals surface area contributed by atoms with Gasteiger partial charge in [0.05, 0.1) is 10.6 Å². The second-order valence-electron chi connectivity index (χ2n) is 5.79. The van der Waals surface area contributed by atoms with E-state index >= 15 is 0 Å². The van der Waals surface area contributed by atoms with Crippen LogP contribution >= 0.6 is 0 Å². The smallest absolute Gasteiger partial charge is 0.176 e. The van der Waals surface area contributed by atoms with E-state index in [4.69, 9.17) is 5.73 Å². The van der Waals surface area contributed by atoms with Crippen LogP contribution in [0.15, 0.2) is 53.4 Å². The van der Waals surface area contributed by atoms with Gasteiger partial charge in [0.15, 0.2) is 9.84 Å². The first-order valence-corrected chi connectivity index (χ1v) is 9.32. The van der Waals surface area contributed by atoms with Crippen molar-refractivity contribution in [2.45, 2.75) is 17.9 Å². The van der Waals surface area contributed by atoms with Gasteiger partial charge in [-0.3, -0.25) is 0 Å². The Balaban J connectivity index is 2.42. The Morgan fingerprint density at radius 3 is 2.50 bits per heavy atom. The summed E-state index contributed by atoms with van der Waals surface area (Å²) in [6.07, 6.45) is 1.14. The fourth-order valence-electron chi connectivity index (χ4n) is 2.73. The molecule has 0 bridgehead atoms. The molecule has 3 rings (SSSR count). The summed E-state index contributed by atoms with van der Waals surface area (Å²) >= 11 is 0. The molecule has 0 saturated heterocycles. The number of hydrogen-bond acceptors (Lipinski definition) is 4. The third-order valence-electron chi connectivity index (χ3n) is 3.86. The lowest BCUT2D eigenvalue weighted by Gasteiger charge is -2.16. The van der Waals surface area contributed by atoms with E-state index in [1.807, 2.05) is 0 Å². The number of benzene rings is 2. The lowest BCUT2D eigenvalue weighted by atomic mass is 9.99. The van der Waals surface area contributed by atoms with E-state index in [1.54, 1.807) is 43.3 Å². The summed E-state index contributed by atoms with van der Waals surface area (Å²) in [6, 6.07) is 12.6. The van der Waals surface area contributed by atoms with Gasteiger partial charge in [-0.1, -0.05) is 30.3 Å². The van der Waals surface area contributed by atoms with E-state index < -0.39 is 15.7 Å². The molecule has 24 heavy (non-hydrogen) atoms. The maximum atomic E-state index is 14.1. The molecule has 0 amide bonds. The molecule has 2 aromatic carbocycles. The zero-order chi connectivity index (χ0) is 17.5. The SMILES string of the molecule is CC(N)c1cc2cccc(F)c2nc1-c1ccccc1S(C)(=O)=O. The molecule has 0 fully saturated rings. The number of hydrogen-bond donors (Lipinski definition) is 1. The Bertz CT molecular complexity index is 1030. The van der Waals surface area contributed by atoms with E-state index in [9.17, 15) is 12.8 Å².